The van der Waals surface area contributed by atoms with Crippen molar-refractivity contribution in [3.05, 3.63) is 23.8 Å². The van der Waals surface area contributed by atoms with Gasteiger partial charge in [-0.15, -0.1) is 0 Å². The number of rotatable bonds is 11. The zero-order valence-corrected chi connectivity index (χ0v) is 39.7. The summed E-state index contributed by atoms with van der Waals surface area (Å²) in [4.78, 5) is 25.2. The molecule has 3 aliphatic rings. The van der Waals surface area contributed by atoms with E-state index < -0.39 is 89.2 Å². The summed E-state index contributed by atoms with van der Waals surface area (Å²) >= 11 is 0. The molecule has 4 rings (SSSR count). The summed E-state index contributed by atoms with van der Waals surface area (Å²) in [5.41, 5.74) is -3.55. The van der Waals surface area contributed by atoms with Crippen LogP contribution in [0.3, 0.4) is 0 Å². The number of ether oxygens (including phenoxy) is 6. The molecule has 16 heteroatoms. The molecule has 16 nitrogen and oxygen atoms in total. The second-order valence-corrected chi connectivity index (χ2v) is 19.9. The van der Waals surface area contributed by atoms with Crippen LogP contribution < -0.4 is 10.6 Å². The first-order chi connectivity index (χ1) is 28.3. The number of aromatic nitrogens is 2. The first-order valence-corrected chi connectivity index (χ1v) is 22.4. The average Bonchev–Trinajstić information content (AvgIpc) is 3.19. The molecular weight excluding hydrogens is 787 g/mol. The summed E-state index contributed by atoms with van der Waals surface area (Å²) < 4.78 is 39.1. The maximum Gasteiger partial charge on any atom is 0.311 e. The van der Waals surface area contributed by atoms with Gasteiger partial charge in [-0.05, 0) is 93.2 Å². The van der Waals surface area contributed by atoms with Gasteiger partial charge in [0.15, 0.2) is 12.6 Å². The van der Waals surface area contributed by atoms with Gasteiger partial charge in [-0.1, -0.05) is 34.6 Å². The lowest BCUT2D eigenvalue weighted by molar-refractivity contribution is -0.334. The van der Waals surface area contributed by atoms with Gasteiger partial charge in [0.1, 0.15) is 29.0 Å². The summed E-state index contributed by atoms with van der Waals surface area (Å²) in [5.74, 6) is -2.53. The molecule has 0 bridgehead atoms. The highest BCUT2D eigenvalue weighted by Crippen LogP contribution is 2.44. The Balaban J connectivity index is 1.75. The number of carbonyl (C=O) groups is 1. The van der Waals surface area contributed by atoms with Crippen LogP contribution in [0.1, 0.15) is 113 Å². The van der Waals surface area contributed by atoms with Crippen LogP contribution in [0, 0.1) is 30.1 Å². The molecule has 61 heavy (non-hydrogen) atoms. The van der Waals surface area contributed by atoms with Gasteiger partial charge in [0, 0.05) is 63.6 Å². The van der Waals surface area contributed by atoms with Crippen LogP contribution in [0.25, 0.3) is 0 Å². The Morgan fingerprint density at radius 3 is 2.25 bits per heavy atom. The lowest BCUT2D eigenvalue weighted by Crippen LogP contribution is -2.70. The summed E-state index contributed by atoms with van der Waals surface area (Å²) in [7, 11) is 5.40. The third-order valence-electron chi connectivity index (χ3n) is 14.0. The van der Waals surface area contributed by atoms with Crippen molar-refractivity contribution >= 4 is 5.97 Å². The Kier molecular flexibility index (Phi) is 17.7. The molecule has 0 aromatic carbocycles. The monoisotopic (exact) mass is 868 g/mol. The van der Waals surface area contributed by atoms with E-state index in [1.54, 1.807) is 40.3 Å². The fourth-order valence-corrected chi connectivity index (χ4v) is 9.98. The fourth-order valence-electron chi connectivity index (χ4n) is 9.98. The number of aryl methyl sites for hydroxylation is 1. The minimum Gasteiger partial charge on any atom is -0.459 e. The van der Waals surface area contributed by atoms with Crippen molar-refractivity contribution in [2.75, 3.05) is 34.3 Å². The summed E-state index contributed by atoms with van der Waals surface area (Å²) in [6, 6.07) is -0.292. The van der Waals surface area contributed by atoms with E-state index in [4.69, 9.17) is 28.4 Å². The highest BCUT2D eigenvalue weighted by atomic mass is 16.7. The number of cyclic esters (lactones) is 1. The molecule has 0 spiro atoms. The molecule has 3 aliphatic heterocycles. The van der Waals surface area contributed by atoms with Gasteiger partial charge < -0.3 is 64.4 Å². The van der Waals surface area contributed by atoms with Crippen LogP contribution in [0.4, 0.5) is 0 Å². The quantitative estimate of drug-likeness (QED) is 0.177. The van der Waals surface area contributed by atoms with Crippen LogP contribution in [0.5, 0.6) is 0 Å². The lowest BCUT2D eigenvalue weighted by atomic mass is 9.72. The minimum absolute atomic E-state index is 0.0744. The molecule has 4 heterocycles. The van der Waals surface area contributed by atoms with Crippen molar-refractivity contribution < 1.29 is 53.6 Å². The molecule has 0 aliphatic carbocycles. The third-order valence-corrected chi connectivity index (χ3v) is 14.0. The van der Waals surface area contributed by atoms with E-state index in [1.165, 1.54) is 6.92 Å². The number of aliphatic hydroxyl groups is 4. The van der Waals surface area contributed by atoms with Gasteiger partial charge in [0.2, 0.25) is 0 Å². The molecule has 0 amide bonds. The second kappa shape index (κ2) is 20.9. The van der Waals surface area contributed by atoms with Crippen LogP contribution in [-0.4, -0.2) is 160 Å². The van der Waals surface area contributed by atoms with Crippen molar-refractivity contribution in [1.29, 1.82) is 0 Å². The first kappa shape index (κ1) is 51.7. The molecule has 17 atom stereocenters. The Bertz CT molecular complexity index is 1540. The molecule has 1 aromatic rings. The first-order valence-electron chi connectivity index (χ1n) is 22.4. The molecule has 0 radical (unpaired) electrons. The highest BCUT2D eigenvalue weighted by Gasteiger charge is 2.58. The van der Waals surface area contributed by atoms with Crippen LogP contribution in [-0.2, 0) is 39.8 Å². The zero-order chi connectivity index (χ0) is 45.8. The smallest absolute Gasteiger partial charge is 0.311 e. The van der Waals surface area contributed by atoms with Gasteiger partial charge in [0.25, 0.3) is 0 Å². The highest BCUT2D eigenvalue weighted by molar-refractivity contribution is 5.73. The SMILES string of the molecule is CC[C@H]1OC(=O)[C@H](C)[C@H](O[C@@H]2C[C@](C)(OC)[C@@](O)(CNCc3cnc(C)cn3)[C@H](C)O2)[C@H](C)[C@@H](O[C@@H]2O[C@H](C)C[C@H](N(C)C)[C@H]2O)C(C)(C)C[C@@H](C)NC[C@H](C)[C@@H](O)[C@]1(C)O. The number of likely N-dealkylation sites (N-methyl/N-ethyl adjacent to an activating group) is 1. The van der Waals surface area contributed by atoms with Crippen molar-refractivity contribution in [3.8, 4) is 0 Å². The Morgan fingerprint density at radius 2 is 1.66 bits per heavy atom. The topological polar surface area (TPSA) is 206 Å². The van der Waals surface area contributed by atoms with Gasteiger partial charge in [-0.3, -0.25) is 14.8 Å². The number of hydrogen-bond donors (Lipinski definition) is 6. The second-order valence-electron chi connectivity index (χ2n) is 19.9. The van der Waals surface area contributed by atoms with Gasteiger partial charge in [-0.2, -0.15) is 0 Å². The number of methoxy groups -OCH3 is 1. The maximum absolute atomic E-state index is 14.5. The van der Waals surface area contributed by atoms with Crippen molar-refractivity contribution in [2.45, 2.75) is 200 Å². The van der Waals surface area contributed by atoms with E-state index in [1.807, 2.05) is 53.6 Å². The largest absolute Gasteiger partial charge is 0.459 e. The third kappa shape index (κ3) is 11.9. The molecule has 3 fully saturated rings. The van der Waals surface area contributed by atoms with E-state index in [0.29, 0.717) is 25.9 Å². The number of nitrogens with zero attached hydrogens (tertiary/aromatic N) is 3. The summed E-state index contributed by atoms with van der Waals surface area (Å²) in [5, 5.41) is 54.2. The number of nitrogens with one attached hydrogen (secondary N) is 2. The standard InChI is InChI=1S/C45H81N5O11/c1-16-34-44(12,54)38(52)25(2)20-47-26(3)18-42(9,10)39(61-41-36(51)33(50(13)14)17-28(5)57-41)29(6)37(30(7)40(53)59-34)60-35-19-43(11,56-15)45(55,31(8)58-35)24-46-22-32-23-48-27(4)21-49-32/h21,23,25-26,28-31,33-39,41,46-47,51-52,54-55H,16-20,22,24H2,1-15H3/t25-,26+,28+,29-,30+,31-,33-,34+,35+,36+,37+,38+,39+,41-,43-,44+,45+/m0/s1. The van der Waals surface area contributed by atoms with E-state index in [-0.39, 0.29) is 43.5 Å². The molecular formula is C45H81N5O11. The molecule has 0 saturated carbocycles. The van der Waals surface area contributed by atoms with Crippen molar-refractivity contribution in [2.24, 2.45) is 23.2 Å². The zero-order valence-electron chi connectivity index (χ0n) is 39.7. The number of carbonyl (C=O) groups excluding carboxylic acids is 1. The maximum atomic E-state index is 14.5. The van der Waals surface area contributed by atoms with Gasteiger partial charge >= 0.3 is 5.97 Å². The number of aliphatic hydroxyl groups excluding tert-OH is 2. The average molecular weight is 868 g/mol. The molecule has 3 saturated heterocycles. The summed E-state index contributed by atoms with van der Waals surface area (Å²) in [6.45, 7) is 23.4. The molecule has 0 unspecified atom stereocenters. The normalized spacial score (nSPS) is 43.3. The van der Waals surface area contributed by atoms with E-state index in [0.717, 1.165) is 11.4 Å². The lowest BCUT2D eigenvalue weighted by Gasteiger charge is -2.54. The van der Waals surface area contributed by atoms with Crippen molar-refractivity contribution in [1.82, 2.24) is 25.5 Å². The predicted molar refractivity (Wildman–Crippen MR) is 230 cm³/mol. The van der Waals surface area contributed by atoms with Crippen molar-refractivity contribution in [3.63, 3.8) is 0 Å². The van der Waals surface area contributed by atoms with E-state index >= 15 is 0 Å². The predicted octanol–water partition coefficient (Wildman–Crippen LogP) is 3.09. The van der Waals surface area contributed by atoms with Gasteiger partial charge in [-0.25, -0.2) is 0 Å². The fraction of sp³-hybridized carbons (Fsp3) is 0.889. The van der Waals surface area contributed by atoms with Crippen LogP contribution in [0.15, 0.2) is 12.4 Å². The van der Waals surface area contributed by atoms with Crippen LogP contribution >= 0.6 is 0 Å². The number of hydrogen-bond acceptors (Lipinski definition) is 16. The van der Waals surface area contributed by atoms with E-state index in [2.05, 4.69) is 41.4 Å². The molecule has 1 aromatic heterocycles. The summed E-state index contributed by atoms with van der Waals surface area (Å²) in [6.07, 6.45) is -2.80. The van der Waals surface area contributed by atoms with Gasteiger partial charge in [0.05, 0.1) is 47.8 Å². The Morgan fingerprint density at radius 1 is 0.984 bits per heavy atom. The van der Waals surface area contributed by atoms with E-state index in [9.17, 15) is 25.2 Å². The molecule has 352 valence electrons. The Labute approximate surface area is 365 Å². The minimum atomic E-state index is -1.76. The molecule has 6 N–H and O–H groups in total. The Hall–Kier alpha value is -1.93. The van der Waals surface area contributed by atoms with Crippen LogP contribution in [0.2, 0.25) is 0 Å². The number of esters is 1.